The summed E-state index contributed by atoms with van der Waals surface area (Å²) in [4.78, 5) is 41.9. The van der Waals surface area contributed by atoms with Gasteiger partial charge in [-0.25, -0.2) is 9.97 Å². The number of aromatic amines is 1. The molecule has 2 saturated heterocycles. The van der Waals surface area contributed by atoms with Crippen molar-refractivity contribution in [3.05, 3.63) is 39.8 Å². The summed E-state index contributed by atoms with van der Waals surface area (Å²) in [5, 5.41) is 0. The first kappa shape index (κ1) is 18.4. The minimum absolute atomic E-state index is 0.00392. The third-order valence-electron chi connectivity index (χ3n) is 6.57. The number of likely N-dealkylation sites (tertiary alicyclic amines) is 1. The van der Waals surface area contributed by atoms with Crippen LogP contribution in [0.2, 0.25) is 0 Å². The van der Waals surface area contributed by atoms with Crippen molar-refractivity contribution < 1.29 is 9.53 Å². The second kappa shape index (κ2) is 6.98. The van der Waals surface area contributed by atoms with E-state index in [2.05, 4.69) is 14.9 Å². The van der Waals surface area contributed by atoms with Crippen LogP contribution in [0.25, 0.3) is 0 Å². The van der Waals surface area contributed by atoms with Gasteiger partial charge in [-0.1, -0.05) is 0 Å². The lowest BCUT2D eigenvalue weighted by Crippen LogP contribution is -2.48. The van der Waals surface area contributed by atoms with Crippen LogP contribution in [0.4, 0.5) is 5.95 Å². The summed E-state index contributed by atoms with van der Waals surface area (Å²) in [6.07, 6.45) is 6.70. The Hall–Kier alpha value is -2.68. The van der Waals surface area contributed by atoms with Crippen molar-refractivity contribution in [2.75, 3.05) is 44.3 Å². The van der Waals surface area contributed by atoms with Crippen LogP contribution in [0.15, 0.2) is 17.3 Å². The molecular formula is C20H26N6O3. The molecule has 4 heterocycles. The standard InChI is InChI=1S/C20H26N6O3/c1-24-13-21-11-15(24)18(28)26-6-2-4-20(12-26)5-3-14-16(20)22-19(23-17(14)27)25-7-9-29-10-8-25/h11,13H,2-10,12H2,1H3,(H,22,23,27). The predicted molar refractivity (Wildman–Crippen MR) is 106 cm³/mol. The van der Waals surface area contributed by atoms with Crippen LogP contribution >= 0.6 is 0 Å². The summed E-state index contributed by atoms with van der Waals surface area (Å²) < 4.78 is 7.18. The van der Waals surface area contributed by atoms with Crippen LogP contribution in [0.1, 0.15) is 41.0 Å². The zero-order valence-electron chi connectivity index (χ0n) is 16.7. The second-order valence-electron chi connectivity index (χ2n) is 8.32. The lowest BCUT2D eigenvalue weighted by atomic mass is 9.77. The van der Waals surface area contributed by atoms with Gasteiger partial charge in [0.15, 0.2) is 0 Å². The van der Waals surface area contributed by atoms with Crippen LogP contribution in [-0.2, 0) is 23.6 Å². The Balaban J connectivity index is 1.48. The summed E-state index contributed by atoms with van der Waals surface area (Å²) in [7, 11) is 1.83. The molecule has 154 valence electrons. The van der Waals surface area contributed by atoms with Gasteiger partial charge in [-0.3, -0.25) is 14.6 Å². The highest BCUT2D eigenvalue weighted by Gasteiger charge is 2.46. The molecule has 5 rings (SSSR count). The Bertz CT molecular complexity index is 992. The van der Waals surface area contributed by atoms with Gasteiger partial charge in [0, 0.05) is 44.2 Å². The quantitative estimate of drug-likeness (QED) is 0.790. The van der Waals surface area contributed by atoms with E-state index in [0.29, 0.717) is 31.4 Å². The summed E-state index contributed by atoms with van der Waals surface area (Å²) in [6.45, 7) is 4.04. The molecule has 9 nitrogen and oxygen atoms in total. The van der Waals surface area contributed by atoms with Crippen molar-refractivity contribution in [3.63, 3.8) is 0 Å². The van der Waals surface area contributed by atoms with E-state index in [1.807, 2.05) is 11.9 Å². The van der Waals surface area contributed by atoms with E-state index in [1.54, 1.807) is 17.1 Å². The van der Waals surface area contributed by atoms with Gasteiger partial charge in [-0.05, 0) is 25.7 Å². The number of rotatable bonds is 2. The number of nitrogens with zero attached hydrogens (tertiary/aromatic N) is 5. The van der Waals surface area contributed by atoms with Gasteiger partial charge in [0.05, 0.1) is 31.4 Å². The van der Waals surface area contributed by atoms with Gasteiger partial charge in [-0.15, -0.1) is 0 Å². The van der Waals surface area contributed by atoms with E-state index in [1.165, 1.54) is 0 Å². The van der Waals surface area contributed by atoms with E-state index >= 15 is 0 Å². The van der Waals surface area contributed by atoms with E-state index in [9.17, 15) is 9.59 Å². The number of H-pyrrole nitrogens is 1. The molecule has 1 aliphatic carbocycles. The number of morpholine rings is 1. The Morgan fingerprint density at radius 1 is 1.24 bits per heavy atom. The number of hydrogen-bond donors (Lipinski definition) is 1. The van der Waals surface area contributed by atoms with E-state index in [-0.39, 0.29) is 16.9 Å². The van der Waals surface area contributed by atoms with Crippen molar-refractivity contribution in [1.82, 2.24) is 24.4 Å². The summed E-state index contributed by atoms with van der Waals surface area (Å²) in [5.41, 5.74) is 2.00. The first-order chi connectivity index (χ1) is 14.1. The molecule has 9 heteroatoms. The zero-order chi connectivity index (χ0) is 20.0. The van der Waals surface area contributed by atoms with Crippen molar-refractivity contribution in [1.29, 1.82) is 0 Å². The lowest BCUT2D eigenvalue weighted by molar-refractivity contribution is 0.0623. The highest BCUT2D eigenvalue weighted by Crippen LogP contribution is 2.43. The summed E-state index contributed by atoms with van der Waals surface area (Å²) >= 11 is 0. The van der Waals surface area contributed by atoms with E-state index < -0.39 is 0 Å². The van der Waals surface area contributed by atoms with E-state index in [0.717, 1.165) is 56.6 Å². The molecule has 1 amide bonds. The molecule has 29 heavy (non-hydrogen) atoms. The molecule has 2 aliphatic heterocycles. The minimum Gasteiger partial charge on any atom is -0.378 e. The number of aryl methyl sites for hydroxylation is 1. The maximum absolute atomic E-state index is 13.1. The first-order valence-electron chi connectivity index (χ1n) is 10.3. The number of hydrogen-bond acceptors (Lipinski definition) is 6. The molecular weight excluding hydrogens is 372 g/mol. The molecule has 1 spiro atoms. The molecule has 3 aliphatic rings. The van der Waals surface area contributed by atoms with Crippen molar-refractivity contribution in [2.24, 2.45) is 7.05 Å². The van der Waals surface area contributed by atoms with Gasteiger partial charge in [0.1, 0.15) is 5.69 Å². The number of nitrogens with one attached hydrogen (secondary N) is 1. The van der Waals surface area contributed by atoms with Crippen molar-refractivity contribution in [3.8, 4) is 0 Å². The van der Waals surface area contributed by atoms with Crippen LogP contribution in [0.3, 0.4) is 0 Å². The molecule has 0 radical (unpaired) electrons. The Labute approximate surface area is 168 Å². The highest BCUT2D eigenvalue weighted by molar-refractivity contribution is 5.92. The molecule has 1 N–H and O–H groups in total. The number of amides is 1. The number of carbonyl (C=O) groups excluding carboxylic acids is 1. The van der Waals surface area contributed by atoms with Crippen LogP contribution in [-0.4, -0.2) is 69.7 Å². The molecule has 2 aromatic heterocycles. The maximum Gasteiger partial charge on any atom is 0.272 e. The smallest absolute Gasteiger partial charge is 0.272 e. The van der Waals surface area contributed by atoms with Gasteiger partial charge in [-0.2, -0.15) is 0 Å². The Kier molecular flexibility index (Phi) is 4.42. The first-order valence-corrected chi connectivity index (χ1v) is 10.3. The average molecular weight is 398 g/mol. The SMILES string of the molecule is Cn1cncc1C(=O)N1CCCC2(CCc3c2nc(N2CCOCC2)[nH]c3=O)C1. The Morgan fingerprint density at radius 2 is 2.07 bits per heavy atom. The molecule has 2 aromatic rings. The minimum atomic E-state index is -0.239. The molecule has 0 bridgehead atoms. The number of imidazole rings is 1. The molecule has 0 saturated carbocycles. The molecule has 0 aromatic carbocycles. The summed E-state index contributed by atoms with van der Waals surface area (Å²) in [6, 6.07) is 0. The molecule has 1 unspecified atom stereocenters. The van der Waals surface area contributed by atoms with Gasteiger partial charge in [0.2, 0.25) is 5.95 Å². The number of carbonyl (C=O) groups is 1. The van der Waals surface area contributed by atoms with Crippen LogP contribution < -0.4 is 10.5 Å². The van der Waals surface area contributed by atoms with Crippen molar-refractivity contribution in [2.45, 2.75) is 31.1 Å². The zero-order valence-corrected chi connectivity index (χ0v) is 16.7. The predicted octanol–water partition coefficient (Wildman–Crippen LogP) is 0.460. The van der Waals surface area contributed by atoms with Gasteiger partial charge >= 0.3 is 0 Å². The fraction of sp³-hybridized carbons (Fsp3) is 0.600. The van der Waals surface area contributed by atoms with Gasteiger partial charge in [0.25, 0.3) is 11.5 Å². The average Bonchev–Trinajstić information content (AvgIpc) is 3.32. The molecule has 2 fully saturated rings. The third-order valence-corrected chi connectivity index (χ3v) is 6.57. The highest BCUT2D eigenvalue weighted by atomic mass is 16.5. The number of ether oxygens (including phenoxy) is 1. The fourth-order valence-corrected chi connectivity index (χ4v) is 4.99. The maximum atomic E-state index is 13.1. The number of fused-ring (bicyclic) bond motifs is 2. The number of piperidine rings is 1. The number of anilines is 1. The second-order valence-corrected chi connectivity index (χ2v) is 8.32. The Morgan fingerprint density at radius 3 is 2.83 bits per heavy atom. The lowest BCUT2D eigenvalue weighted by Gasteiger charge is -2.40. The molecule has 1 atom stereocenters. The topological polar surface area (TPSA) is 96.3 Å². The fourth-order valence-electron chi connectivity index (χ4n) is 4.99. The van der Waals surface area contributed by atoms with Crippen molar-refractivity contribution >= 4 is 11.9 Å². The monoisotopic (exact) mass is 398 g/mol. The van der Waals surface area contributed by atoms with Gasteiger partial charge < -0.3 is 19.1 Å². The van der Waals surface area contributed by atoms with E-state index in [4.69, 9.17) is 9.72 Å². The summed E-state index contributed by atoms with van der Waals surface area (Å²) in [5.74, 6) is 0.629. The largest absolute Gasteiger partial charge is 0.378 e. The van der Waals surface area contributed by atoms with Crippen LogP contribution in [0, 0.1) is 0 Å². The third kappa shape index (κ3) is 3.04. The number of aromatic nitrogens is 4. The van der Waals surface area contributed by atoms with Crippen LogP contribution in [0.5, 0.6) is 0 Å². The normalized spacial score (nSPS) is 24.2.